The van der Waals surface area contributed by atoms with E-state index in [1.165, 1.54) is 0 Å². The molecule has 1 fully saturated rings. The summed E-state index contributed by atoms with van der Waals surface area (Å²) in [6.07, 6.45) is 1.97. The van der Waals surface area contributed by atoms with Gasteiger partial charge in [-0.25, -0.2) is 4.68 Å². The van der Waals surface area contributed by atoms with Crippen LogP contribution >= 0.6 is 0 Å². The molecule has 1 saturated carbocycles. The lowest BCUT2D eigenvalue weighted by atomic mass is 10.3. The molecule has 0 aliphatic heterocycles. The summed E-state index contributed by atoms with van der Waals surface area (Å²) in [5.74, 6) is 1.93. The molecule has 4 rings (SSSR count). The number of nitrogens with one attached hydrogen (secondary N) is 1. The van der Waals surface area contributed by atoms with Gasteiger partial charge in [0.25, 0.3) is 0 Å². The molecule has 1 N–H and O–H groups in total. The first-order chi connectivity index (χ1) is 12.6. The van der Waals surface area contributed by atoms with E-state index < -0.39 is 0 Å². The van der Waals surface area contributed by atoms with Crippen LogP contribution in [0.15, 0.2) is 42.5 Å². The number of ether oxygens (including phenoxy) is 1. The molecule has 0 saturated heterocycles. The molecule has 1 aromatic carbocycles. The van der Waals surface area contributed by atoms with Crippen molar-refractivity contribution in [1.29, 1.82) is 0 Å². The van der Waals surface area contributed by atoms with Gasteiger partial charge in [-0.05, 0) is 63.1 Å². The van der Waals surface area contributed by atoms with Crippen molar-refractivity contribution in [1.82, 2.24) is 20.0 Å². The Morgan fingerprint density at radius 1 is 1.12 bits per heavy atom. The number of aromatic nitrogens is 4. The summed E-state index contributed by atoms with van der Waals surface area (Å²) >= 11 is 0. The third-order valence-electron chi connectivity index (χ3n) is 4.15. The van der Waals surface area contributed by atoms with Crippen LogP contribution in [-0.2, 0) is 4.79 Å². The SMILES string of the molecule is Cc1cc(C)n(-c2ccc(Oc3ccc(NC(=O)C4CC4)cc3)nn2)n1. The van der Waals surface area contributed by atoms with E-state index in [2.05, 4.69) is 20.6 Å². The average molecular weight is 349 g/mol. The van der Waals surface area contributed by atoms with Crippen molar-refractivity contribution in [2.75, 3.05) is 5.32 Å². The van der Waals surface area contributed by atoms with Gasteiger partial charge in [-0.1, -0.05) is 0 Å². The lowest BCUT2D eigenvalue weighted by molar-refractivity contribution is -0.117. The number of amides is 1. The number of rotatable bonds is 5. The smallest absolute Gasteiger partial charge is 0.238 e. The van der Waals surface area contributed by atoms with Crippen LogP contribution in [0, 0.1) is 19.8 Å². The summed E-state index contributed by atoms with van der Waals surface area (Å²) in [6, 6.07) is 12.8. The lowest BCUT2D eigenvalue weighted by Crippen LogP contribution is -2.12. The summed E-state index contributed by atoms with van der Waals surface area (Å²) in [5.41, 5.74) is 2.69. The molecule has 0 bridgehead atoms. The number of benzene rings is 1. The van der Waals surface area contributed by atoms with Crippen molar-refractivity contribution < 1.29 is 9.53 Å². The number of anilines is 1. The fraction of sp³-hybridized carbons (Fsp3) is 0.263. The van der Waals surface area contributed by atoms with Gasteiger partial charge in [0.1, 0.15) is 5.75 Å². The summed E-state index contributed by atoms with van der Waals surface area (Å²) in [7, 11) is 0. The number of nitrogens with zero attached hydrogens (tertiary/aromatic N) is 4. The van der Waals surface area contributed by atoms with Crippen LogP contribution < -0.4 is 10.1 Å². The van der Waals surface area contributed by atoms with Crippen LogP contribution in [0.25, 0.3) is 5.82 Å². The van der Waals surface area contributed by atoms with Gasteiger partial charge in [-0.15, -0.1) is 10.2 Å². The lowest BCUT2D eigenvalue weighted by Gasteiger charge is -2.08. The van der Waals surface area contributed by atoms with Crippen molar-refractivity contribution in [2.45, 2.75) is 26.7 Å². The molecule has 0 radical (unpaired) electrons. The Bertz CT molecular complexity index is 928. The Labute approximate surface area is 151 Å². The van der Waals surface area contributed by atoms with Crippen LogP contribution in [0.1, 0.15) is 24.2 Å². The maximum atomic E-state index is 11.8. The molecule has 132 valence electrons. The zero-order valence-corrected chi connectivity index (χ0v) is 14.6. The summed E-state index contributed by atoms with van der Waals surface area (Å²) in [6.45, 7) is 3.90. The van der Waals surface area contributed by atoms with Gasteiger partial charge < -0.3 is 10.1 Å². The quantitative estimate of drug-likeness (QED) is 0.763. The van der Waals surface area contributed by atoms with E-state index in [0.717, 1.165) is 29.9 Å². The molecule has 3 aromatic rings. The first kappa shape index (κ1) is 16.3. The molecular formula is C19H19N5O2. The third-order valence-corrected chi connectivity index (χ3v) is 4.15. The Morgan fingerprint density at radius 3 is 2.46 bits per heavy atom. The van der Waals surface area contributed by atoms with Crippen molar-refractivity contribution in [2.24, 2.45) is 5.92 Å². The largest absolute Gasteiger partial charge is 0.438 e. The standard InChI is InChI=1S/C19H19N5O2/c1-12-11-13(2)24(23-12)17-9-10-18(22-21-17)26-16-7-5-15(6-8-16)20-19(25)14-3-4-14/h5-11,14H,3-4H2,1-2H3,(H,20,25). The van der Waals surface area contributed by atoms with Crippen molar-refractivity contribution in [3.8, 4) is 17.4 Å². The maximum Gasteiger partial charge on any atom is 0.238 e. The zero-order chi connectivity index (χ0) is 18.1. The number of hydrogen-bond acceptors (Lipinski definition) is 5. The van der Waals surface area contributed by atoms with Gasteiger partial charge in [0.15, 0.2) is 5.82 Å². The molecule has 2 aromatic heterocycles. The molecule has 0 spiro atoms. The second kappa shape index (κ2) is 6.59. The van der Waals surface area contributed by atoms with Gasteiger partial charge >= 0.3 is 0 Å². The van der Waals surface area contributed by atoms with E-state index in [1.54, 1.807) is 22.9 Å². The fourth-order valence-electron chi connectivity index (χ4n) is 2.66. The number of carbonyl (C=O) groups is 1. The molecule has 1 aliphatic rings. The molecule has 7 nitrogen and oxygen atoms in total. The highest BCUT2D eigenvalue weighted by Crippen LogP contribution is 2.30. The highest BCUT2D eigenvalue weighted by Gasteiger charge is 2.29. The van der Waals surface area contributed by atoms with Gasteiger partial charge in [0.05, 0.1) is 5.69 Å². The molecule has 2 heterocycles. The second-order valence-electron chi connectivity index (χ2n) is 6.46. The highest BCUT2D eigenvalue weighted by molar-refractivity contribution is 5.94. The van der Waals surface area contributed by atoms with E-state index in [-0.39, 0.29) is 11.8 Å². The van der Waals surface area contributed by atoms with E-state index in [9.17, 15) is 4.79 Å². The van der Waals surface area contributed by atoms with Crippen LogP contribution in [0.4, 0.5) is 5.69 Å². The fourth-order valence-corrected chi connectivity index (χ4v) is 2.66. The van der Waals surface area contributed by atoms with Crippen molar-refractivity contribution in [3.63, 3.8) is 0 Å². The predicted molar refractivity (Wildman–Crippen MR) is 96.5 cm³/mol. The average Bonchev–Trinajstić information content (AvgIpc) is 3.42. The number of aryl methyl sites for hydroxylation is 2. The Kier molecular flexibility index (Phi) is 4.12. The van der Waals surface area contributed by atoms with Crippen LogP contribution in [0.3, 0.4) is 0 Å². The monoisotopic (exact) mass is 349 g/mol. The van der Waals surface area contributed by atoms with E-state index in [0.29, 0.717) is 17.4 Å². The van der Waals surface area contributed by atoms with Crippen molar-refractivity contribution >= 4 is 11.6 Å². The van der Waals surface area contributed by atoms with Gasteiger partial charge in [0.2, 0.25) is 11.8 Å². The summed E-state index contributed by atoms with van der Waals surface area (Å²) in [5, 5.41) is 15.5. The molecule has 0 unspecified atom stereocenters. The molecular weight excluding hydrogens is 330 g/mol. The molecule has 1 aliphatic carbocycles. The zero-order valence-electron chi connectivity index (χ0n) is 14.6. The molecule has 1 amide bonds. The minimum Gasteiger partial charge on any atom is -0.438 e. The van der Waals surface area contributed by atoms with Gasteiger partial charge in [0, 0.05) is 23.4 Å². The summed E-state index contributed by atoms with van der Waals surface area (Å²) in [4.78, 5) is 11.8. The number of hydrogen-bond donors (Lipinski definition) is 1. The second-order valence-corrected chi connectivity index (χ2v) is 6.46. The molecule has 7 heteroatoms. The van der Waals surface area contributed by atoms with Crippen molar-refractivity contribution in [3.05, 3.63) is 53.9 Å². The van der Waals surface area contributed by atoms with Crippen LogP contribution in [-0.4, -0.2) is 25.9 Å². The predicted octanol–water partition coefficient (Wildman–Crippen LogP) is 3.42. The Balaban J connectivity index is 1.42. The normalized spacial score (nSPS) is 13.5. The molecule has 26 heavy (non-hydrogen) atoms. The first-order valence-electron chi connectivity index (χ1n) is 8.54. The topological polar surface area (TPSA) is 81.9 Å². The van der Waals surface area contributed by atoms with Crippen LogP contribution in [0.2, 0.25) is 0 Å². The molecule has 0 atom stereocenters. The maximum absolute atomic E-state index is 11.8. The minimum absolute atomic E-state index is 0.0873. The van der Waals surface area contributed by atoms with E-state index >= 15 is 0 Å². The minimum atomic E-state index is 0.0873. The summed E-state index contributed by atoms with van der Waals surface area (Å²) < 4.78 is 7.45. The van der Waals surface area contributed by atoms with Crippen LogP contribution in [0.5, 0.6) is 11.6 Å². The Morgan fingerprint density at radius 2 is 1.88 bits per heavy atom. The first-order valence-corrected chi connectivity index (χ1v) is 8.54. The third kappa shape index (κ3) is 3.56. The number of carbonyl (C=O) groups excluding carboxylic acids is 1. The van der Waals surface area contributed by atoms with Gasteiger partial charge in [-0.3, -0.25) is 4.79 Å². The van der Waals surface area contributed by atoms with E-state index in [4.69, 9.17) is 4.74 Å². The Hall–Kier alpha value is -3.22. The van der Waals surface area contributed by atoms with Gasteiger partial charge in [-0.2, -0.15) is 5.10 Å². The van der Waals surface area contributed by atoms with E-state index in [1.807, 2.05) is 38.1 Å². The highest BCUT2D eigenvalue weighted by atomic mass is 16.5.